The van der Waals surface area contributed by atoms with Crippen molar-refractivity contribution in [3.63, 3.8) is 0 Å². The maximum absolute atomic E-state index is 12.0. The Kier molecular flexibility index (Phi) is 4.25. The molecule has 1 aromatic heterocycles. The number of likely N-dealkylation sites (tertiary alicyclic amines) is 1. The Bertz CT molecular complexity index is 534. The highest BCUT2D eigenvalue weighted by atomic mass is 16.2. The fourth-order valence-electron chi connectivity index (χ4n) is 2.42. The van der Waals surface area contributed by atoms with Gasteiger partial charge in [0.1, 0.15) is 5.82 Å². The van der Waals surface area contributed by atoms with Crippen LogP contribution in [0.5, 0.6) is 0 Å². The molecule has 0 aromatic carbocycles. The van der Waals surface area contributed by atoms with E-state index in [1.54, 1.807) is 6.92 Å². The van der Waals surface area contributed by atoms with E-state index in [1.165, 1.54) is 12.4 Å². The molecule has 0 aliphatic carbocycles. The van der Waals surface area contributed by atoms with Crippen molar-refractivity contribution in [2.24, 2.45) is 5.92 Å². The molecule has 1 aliphatic heterocycles. The number of nitrogens with zero attached hydrogens (tertiary/aromatic N) is 3. The van der Waals surface area contributed by atoms with Crippen molar-refractivity contribution in [2.75, 3.05) is 13.1 Å². The molecule has 1 aromatic rings. The Hall–Kier alpha value is -1.98. The highest BCUT2D eigenvalue weighted by Gasteiger charge is 2.36. The molecule has 0 saturated carbocycles. The van der Waals surface area contributed by atoms with Crippen LogP contribution in [0, 0.1) is 12.8 Å². The van der Waals surface area contributed by atoms with Crippen LogP contribution < -0.4 is 5.32 Å². The van der Waals surface area contributed by atoms with Crippen molar-refractivity contribution in [3.05, 3.63) is 23.8 Å². The minimum absolute atomic E-state index is 0.153. The lowest BCUT2D eigenvalue weighted by atomic mass is 10.1. The summed E-state index contributed by atoms with van der Waals surface area (Å²) in [5.74, 6) is 0.748. The number of hydrogen-bond acceptors (Lipinski definition) is 4. The Balaban J connectivity index is 1.88. The van der Waals surface area contributed by atoms with E-state index >= 15 is 0 Å². The van der Waals surface area contributed by atoms with Crippen LogP contribution in [0.4, 0.5) is 0 Å². The molecule has 21 heavy (non-hydrogen) atoms. The summed E-state index contributed by atoms with van der Waals surface area (Å²) in [6.07, 6.45) is 3.51. The van der Waals surface area contributed by atoms with Crippen LogP contribution in [0.2, 0.25) is 0 Å². The Morgan fingerprint density at radius 3 is 2.52 bits per heavy atom. The topological polar surface area (TPSA) is 75.2 Å². The van der Waals surface area contributed by atoms with Gasteiger partial charge in [0, 0.05) is 43.4 Å². The van der Waals surface area contributed by atoms with Gasteiger partial charge >= 0.3 is 0 Å². The highest BCUT2D eigenvalue weighted by molar-refractivity contribution is 5.93. The smallest absolute Gasteiger partial charge is 0.254 e. The summed E-state index contributed by atoms with van der Waals surface area (Å²) in [5, 5.41) is 2.86. The molecule has 2 heterocycles. The van der Waals surface area contributed by atoms with Crippen LogP contribution in [0.1, 0.15) is 43.4 Å². The predicted molar refractivity (Wildman–Crippen MR) is 78.7 cm³/mol. The second-order valence-corrected chi connectivity index (χ2v) is 6.47. The molecule has 114 valence electrons. The van der Waals surface area contributed by atoms with E-state index in [-0.39, 0.29) is 23.3 Å². The fraction of sp³-hybridized carbons (Fsp3) is 0.600. The lowest BCUT2D eigenvalue weighted by molar-refractivity contribution is -0.131. The zero-order valence-electron chi connectivity index (χ0n) is 13.0. The monoisotopic (exact) mass is 290 g/mol. The molecule has 0 radical (unpaired) electrons. The number of amides is 2. The summed E-state index contributed by atoms with van der Waals surface area (Å²) in [6, 6.07) is 0. The third kappa shape index (κ3) is 3.77. The first-order chi connectivity index (χ1) is 9.77. The van der Waals surface area contributed by atoms with Crippen LogP contribution >= 0.6 is 0 Å². The molecule has 1 aliphatic rings. The number of aromatic nitrogens is 2. The Morgan fingerprint density at radius 2 is 2.00 bits per heavy atom. The third-order valence-electron chi connectivity index (χ3n) is 3.61. The van der Waals surface area contributed by atoms with Crippen molar-refractivity contribution in [1.82, 2.24) is 20.2 Å². The van der Waals surface area contributed by atoms with Crippen LogP contribution in [0.3, 0.4) is 0 Å². The van der Waals surface area contributed by atoms with E-state index in [1.807, 2.05) is 25.7 Å². The average molecular weight is 290 g/mol. The van der Waals surface area contributed by atoms with E-state index in [0.717, 1.165) is 0 Å². The van der Waals surface area contributed by atoms with Gasteiger partial charge in [0.2, 0.25) is 5.91 Å². The van der Waals surface area contributed by atoms with Crippen molar-refractivity contribution >= 4 is 11.8 Å². The van der Waals surface area contributed by atoms with Gasteiger partial charge in [-0.15, -0.1) is 0 Å². The molecule has 1 fully saturated rings. The summed E-state index contributed by atoms with van der Waals surface area (Å²) in [6.45, 7) is 9.02. The van der Waals surface area contributed by atoms with Gasteiger partial charge in [-0.25, -0.2) is 9.97 Å². The molecule has 0 unspecified atom stereocenters. The quantitative estimate of drug-likeness (QED) is 0.906. The maximum Gasteiger partial charge on any atom is 0.254 e. The second-order valence-electron chi connectivity index (χ2n) is 6.47. The van der Waals surface area contributed by atoms with Gasteiger partial charge in [0.15, 0.2) is 0 Å². The van der Waals surface area contributed by atoms with E-state index in [9.17, 15) is 9.59 Å². The maximum atomic E-state index is 12.0. The van der Waals surface area contributed by atoms with Gasteiger partial charge < -0.3 is 10.2 Å². The highest BCUT2D eigenvalue weighted by Crippen LogP contribution is 2.25. The number of carbonyl (C=O) groups excluding carboxylic acids is 2. The molecule has 1 atom stereocenters. The number of hydrogen-bond donors (Lipinski definition) is 1. The lowest BCUT2D eigenvalue weighted by Gasteiger charge is -2.32. The van der Waals surface area contributed by atoms with Gasteiger partial charge in [0.25, 0.3) is 5.91 Å². The molecule has 0 bridgehead atoms. The van der Waals surface area contributed by atoms with Crippen molar-refractivity contribution in [2.45, 2.75) is 39.7 Å². The third-order valence-corrected chi connectivity index (χ3v) is 3.61. The van der Waals surface area contributed by atoms with Crippen LogP contribution in [-0.2, 0) is 4.79 Å². The fourth-order valence-corrected chi connectivity index (χ4v) is 2.42. The van der Waals surface area contributed by atoms with E-state index in [4.69, 9.17) is 0 Å². The number of carbonyl (C=O) groups is 2. The minimum atomic E-state index is -0.198. The van der Waals surface area contributed by atoms with Gasteiger partial charge in [-0.3, -0.25) is 9.59 Å². The second kappa shape index (κ2) is 5.79. The van der Waals surface area contributed by atoms with Gasteiger partial charge in [-0.1, -0.05) is 0 Å². The van der Waals surface area contributed by atoms with Crippen molar-refractivity contribution in [3.8, 4) is 0 Å². The summed E-state index contributed by atoms with van der Waals surface area (Å²) in [7, 11) is 0. The van der Waals surface area contributed by atoms with Crippen LogP contribution in [0.15, 0.2) is 12.4 Å². The molecule has 0 spiro atoms. The van der Waals surface area contributed by atoms with Crippen molar-refractivity contribution < 1.29 is 9.59 Å². The summed E-state index contributed by atoms with van der Waals surface area (Å²) < 4.78 is 0. The summed E-state index contributed by atoms with van der Waals surface area (Å²) in [5.41, 5.74) is 0.276. The lowest BCUT2D eigenvalue weighted by Crippen LogP contribution is -2.42. The molecule has 1 saturated heterocycles. The Morgan fingerprint density at radius 1 is 1.38 bits per heavy atom. The molecule has 6 heteroatoms. The molecule has 6 nitrogen and oxygen atoms in total. The van der Waals surface area contributed by atoms with E-state index < -0.39 is 0 Å². The zero-order chi connectivity index (χ0) is 15.6. The molecular formula is C15H22N4O2. The van der Waals surface area contributed by atoms with Gasteiger partial charge in [-0.05, 0) is 27.7 Å². The Labute approximate surface area is 125 Å². The first-order valence-electron chi connectivity index (χ1n) is 7.14. The number of nitrogens with one attached hydrogen (secondary N) is 1. The molecule has 2 amide bonds. The standard InChI is InChI=1S/C15H22N4O2/c1-10-16-7-12(8-17-10)14(21)18-6-11-5-13(20)19(9-11)15(2,3)4/h7-8,11H,5-6,9H2,1-4H3,(H,18,21)/t11-/m0/s1. The van der Waals surface area contributed by atoms with Crippen LogP contribution in [0.25, 0.3) is 0 Å². The molecule has 2 rings (SSSR count). The summed E-state index contributed by atoms with van der Waals surface area (Å²) >= 11 is 0. The van der Waals surface area contributed by atoms with Crippen LogP contribution in [-0.4, -0.2) is 45.3 Å². The zero-order valence-corrected chi connectivity index (χ0v) is 13.0. The first-order valence-corrected chi connectivity index (χ1v) is 7.14. The summed E-state index contributed by atoms with van der Waals surface area (Å²) in [4.78, 5) is 33.8. The van der Waals surface area contributed by atoms with E-state index in [2.05, 4.69) is 15.3 Å². The van der Waals surface area contributed by atoms with Gasteiger partial charge in [-0.2, -0.15) is 0 Å². The molecule has 1 N–H and O–H groups in total. The number of rotatable bonds is 3. The minimum Gasteiger partial charge on any atom is -0.352 e. The largest absolute Gasteiger partial charge is 0.352 e. The SMILES string of the molecule is Cc1ncc(C(=O)NC[C@@H]2CC(=O)N(C(C)(C)C)C2)cn1. The average Bonchev–Trinajstić information content (AvgIpc) is 2.78. The number of aryl methyl sites for hydroxylation is 1. The van der Waals surface area contributed by atoms with Gasteiger partial charge in [0.05, 0.1) is 5.56 Å². The normalized spacial score (nSPS) is 19.0. The molecular weight excluding hydrogens is 268 g/mol. The predicted octanol–water partition coefficient (Wildman–Crippen LogP) is 1.16. The van der Waals surface area contributed by atoms with Crippen molar-refractivity contribution in [1.29, 1.82) is 0 Å². The first kappa shape index (κ1) is 15.4. The van der Waals surface area contributed by atoms with E-state index in [0.29, 0.717) is 30.9 Å².